The average Bonchev–Trinajstić information content (AvgIpc) is 3.56. The first-order chi connectivity index (χ1) is 20.7. The maximum atomic E-state index is 2.97. The Morgan fingerprint density at radius 2 is 0.717 bits per heavy atom. The number of halogens is 2. The normalized spacial score (nSPS) is 9.91. The first kappa shape index (κ1) is 38.8. The Morgan fingerprint density at radius 3 is 1.11 bits per heavy atom. The van der Waals surface area contributed by atoms with Crippen LogP contribution >= 0.6 is 0 Å². The van der Waals surface area contributed by atoms with Crippen molar-refractivity contribution in [3.05, 3.63) is 172 Å². The molecule has 46 heavy (non-hydrogen) atoms. The molecule has 0 aliphatic heterocycles. The SMILES string of the molecule is Cc1[cH-]c2ccccc2c1-c1cccc2ccccc12.Cc1[cH-]c2ccccc2c1-c1cccc2ccccc12.[CH3-].[CH3-].[Cl-].[Cl-].[Si]=[Ti+2]. The predicted molar refractivity (Wildman–Crippen MR) is 193 cm³/mol. The zero-order valence-corrected chi connectivity index (χ0v) is 30.7. The van der Waals surface area contributed by atoms with Crippen molar-refractivity contribution in [3.8, 4) is 22.3 Å². The summed E-state index contributed by atoms with van der Waals surface area (Å²) in [6.45, 7) is 4.41. The summed E-state index contributed by atoms with van der Waals surface area (Å²) in [5.41, 5.74) is 8.11. The van der Waals surface area contributed by atoms with Crippen LogP contribution in [0.5, 0.6) is 0 Å². The standard InChI is InChI=1S/2C20H15.2CH3.2ClH.Si.Ti/c2*1-14-13-16-8-3-5-11-18(16)20(14)19-12-6-9-15-7-2-4-10-17(15)19;;;;;;/h2*2-13H,1H3;2*1H3;2*1H;;/q4*-1;;;;+2/p-2. The van der Waals surface area contributed by atoms with Crippen molar-refractivity contribution in [2.45, 2.75) is 13.8 Å². The van der Waals surface area contributed by atoms with Crippen LogP contribution in [0.4, 0.5) is 0 Å². The Hall–Kier alpha value is -3.43. The second-order valence-electron chi connectivity index (χ2n) is 10.6. The van der Waals surface area contributed by atoms with Crippen LogP contribution < -0.4 is 24.8 Å². The van der Waals surface area contributed by atoms with Crippen molar-refractivity contribution < 1.29 is 44.0 Å². The summed E-state index contributed by atoms with van der Waals surface area (Å²) >= 11 is 1.81. The molecular formula is C42H36Cl2SiTi-4. The molecule has 4 heteroatoms. The van der Waals surface area contributed by atoms with Crippen LogP contribution in [0.15, 0.2) is 146 Å². The molecule has 0 amide bonds. The Labute approximate surface area is 300 Å². The van der Waals surface area contributed by atoms with Gasteiger partial charge < -0.3 is 39.7 Å². The fourth-order valence-corrected chi connectivity index (χ4v) is 6.34. The van der Waals surface area contributed by atoms with Gasteiger partial charge in [0.15, 0.2) is 0 Å². The molecule has 0 saturated carbocycles. The third-order valence-electron chi connectivity index (χ3n) is 8.11. The van der Waals surface area contributed by atoms with Gasteiger partial charge in [-0.15, -0.1) is 92.3 Å². The number of aryl methyl sites for hydroxylation is 2. The van der Waals surface area contributed by atoms with E-state index in [1.807, 2.05) is 0 Å². The molecule has 0 aliphatic rings. The molecule has 0 aromatic heterocycles. The minimum absolute atomic E-state index is 0. The Kier molecular flexibility index (Phi) is 14.7. The maximum absolute atomic E-state index is 2.97. The average molecular weight is 688 g/mol. The van der Waals surface area contributed by atoms with Gasteiger partial charge in [0.2, 0.25) is 0 Å². The van der Waals surface area contributed by atoms with Crippen molar-refractivity contribution in [1.29, 1.82) is 0 Å². The van der Waals surface area contributed by atoms with Crippen LogP contribution in [-0.2, 0) is 19.2 Å². The van der Waals surface area contributed by atoms with Gasteiger partial charge in [0.1, 0.15) is 0 Å². The summed E-state index contributed by atoms with van der Waals surface area (Å²) in [5, 5.41) is 10.6. The molecule has 8 aromatic rings. The molecule has 0 bridgehead atoms. The van der Waals surface area contributed by atoms with Crippen LogP contribution in [0.1, 0.15) is 11.1 Å². The zero-order valence-electron chi connectivity index (χ0n) is 26.6. The van der Waals surface area contributed by atoms with Gasteiger partial charge in [-0.25, -0.2) is 0 Å². The molecule has 8 aromatic carbocycles. The van der Waals surface area contributed by atoms with Crippen molar-refractivity contribution in [3.63, 3.8) is 0 Å². The molecule has 2 radical (unpaired) electrons. The van der Waals surface area contributed by atoms with Crippen LogP contribution in [0, 0.1) is 28.7 Å². The first-order valence-corrected chi connectivity index (χ1v) is 17.0. The first-order valence-electron chi connectivity index (χ1n) is 14.2. The Morgan fingerprint density at radius 1 is 0.413 bits per heavy atom. The van der Waals surface area contributed by atoms with Crippen molar-refractivity contribution >= 4 is 50.7 Å². The van der Waals surface area contributed by atoms with Gasteiger partial charge in [0, 0.05) is 0 Å². The molecule has 0 heterocycles. The van der Waals surface area contributed by atoms with Gasteiger partial charge in [-0.3, -0.25) is 0 Å². The quantitative estimate of drug-likeness (QED) is 0.157. The van der Waals surface area contributed by atoms with Crippen LogP contribution in [0.25, 0.3) is 65.3 Å². The van der Waals surface area contributed by atoms with E-state index in [-0.39, 0.29) is 39.7 Å². The molecule has 0 spiro atoms. The van der Waals surface area contributed by atoms with Gasteiger partial charge in [-0.1, -0.05) is 122 Å². The molecule has 0 nitrogen and oxygen atoms in total. The molecule has 0 unspecified atom stereocenters. The molecule has 0 fully saturated rings. The Bertz CT molecular complexity index is 2010. The number of fused-ring (bicyclic) bond motifs is 4. The van der Waals surface area contributed by atoms with Gasteiger partial charge in [-0.2, -0.15) is 0 Å². The number of hydrogen-bond donors (Lipinski definition) is 0. The molecular weight excluding hydrogens is 651 g/mol. The van der Waals surface area contributed by atoms with Gasteiger partial charge >= 0.3 is 26.8 Å². The monoisotopic (exact) mass is 686 g/mol. The van der Waals surface area contributed by atoms with E-state index in [9.17, 15) is 0 Å². The topological polar surface area (TPSA) is 0 Å². The van der Waals surface area contributed by atoms with Crippen LogP contribution in [-0.4, -0.2) is 7.63 Å². The van der Waals surface area contributed by atoms with E-state index in [2.05, 4.69) is 167 Å². The van der Waals surface area contributed by atoms with E-state index in [1.165, 1.54) is 76.5 Å². The summed E-state index contributed by atoms with van der Waals surface area (Å²) in [5.74, 6) is 0. The van der Waals surface area contributed by atoms with E-state index < -0.39 is 0 Å². The van der Waals surface area contributed by atoms with E-state index in [0.29, 0.717) is 0 Å². The molecule has 230 valence electrons. The second-order valence-corrected chi connectivity index (χ2v) is 10.6. The van der Waals surface area contributed by atoms with Crippen LogP contribution in [0.3, 0.4) is 0 Å². The van der Waals surface area contributed by atoms with Gasteiger partial charge in [-0.05, 0) is 21.5 Å². The van der Waals surface area contributed by atoms with E-state index in [1.54, 1.807) is 19.2 Å². The fraction of sp³-hybridized carbons (Fsp3) is 0.0476. The summed E-state index contributed by atoms with van der Waals surface area (Å²) in [4.78, 5) is 0. The van der Waals surface area contributed by atoms with Crippen molar-refractivity contribution in [2.24, 2.45) is 0 Å². The minimum atomic E-state index is 0. The predicted octanol–water partition coefficient (Wildman–Crippen LogP) is 5.90. The third kappa shape index (κ3) is 7.41. The number of rotatable bonds is 2. The molecule has 0 aliphatic carbocycles. The van der Waals surface area contributed by atoms with Crippen molar-refractivity contribution in [2.75, 3.05) is 0 Å². The second kappa shape index (κ2) is 17.5. The molecule has 0 saturated heterocycles. The third-order valence-corrected chi connectivity index (χ3v) is 8.11. The molecule has 0 N–H and O–H groups in total. The van der Waals surface area contributed by atoms with Crippen LogP contribution in [0.2, 0.25) is 0 Å². The molecule has 0 atom stereocenters. The summed E-state index contributed by atoms with van der Waals surface area (Å²) in [6, 6.07) is 52.2. The van der Waals surface area contributed by atoms with Gasteiger partial charge in [0.25, 0.3) is 0 Å². The Balaban J connectivity index is 0.000000281. The fourth-order valence-electron chi connectivity index (χ4n) is 6.34. The number of hydrogen-bond acceptors (Lipinski definition) is 0. The molecule has 8 rings (SSSR count). The van der Waals surface area contributed by atoms with Gasteiger partial charge in [0.05, 0.1) is 0 Å². The van der Waals surface area contributed by atoms with E-state index >= 15 is 0 Å². The van der Waals surface area contributed by atoms with E-state index in [0.717, 1.165) is 0 Å². The summed E-state index contributed by atoms with van der Waals surface area (Å²) in [6.07, 6.45) is 0. The zero-order chi connectivity index (χ0) is 29.1. The van der Waals surface area contributed by atoms with E-state index in [4.69, 9.17) is 0 Å². The summed E-state index contributed by atoms with van der Waals surface area (Å²) < 4.78 is 0. The summed E-state index contributed by atoms with van der Waals surface area (Å²) in [7, 11) is 2.97. The number of benzene rings is 6. The van der Waals surface area contributed by atoms with Crippen molar-refractivity contribution in [1.82, 2.24) is 0 Å².